The number of ether oxygens (including phenoxy) is 1. The standard InChI is InChI=1S/C20H22F2N2O2S/c21-18-6-5-17(11-19(18)22)27-14-20(25)23-12-15-1-3-16(4-2-15)13-24-7-9-26-10-8-24/h1-6,11H,7-10,12-14H2,(H,23,25)/p+1. The molecule has 1 saturated heterocycles. The van der Waals surface area contributed by atoms with Crippen molar-refractivity contribution in [3.8, 4) is 0 Å². The van der Waals surface area contributed by atoms with Crippen molar-refractivity contribution in [2.45, 2.75) is 18.0 Å². The number of quaternary nitrogens is 1. The Balaban J connectivity index is 1.41. The quantitative estimate of drug-likeness (QED) is 0.705. The lowest BCUT2D eigenvalue weighted by Gasteiger charge is -2.23. The monoisotopic (exact) mass is 393 g/mol. The number of rotatable bonds is 7. The summed E-state index contributed by atoms with van der Waals surface area (Å²) in [7, 11) is 0. The van der Waals surface area contributed by atoms with Crippen LogP contribution in [0.5, 0.6) is 0 Å². The van der Waals surface area contributed by atoms with Crippen LogP contribution in [-0.4, -0.2) is 38.0 Å². The van der Waals surface area contributed by atoms with Gasteiger partial charge in [-0.3, -0.25) is 4.79 Å². The van der Waals surface area contributed by atoms with Gasteiger partial charge in [0.2, 0.25) is 5.91 Å². The Bertz CT molecular complexity index is 765. The number of benzene rings is 2. The molecule has 0 saturated carbocycles. The van der Waals surface area contributed by atoms with Crippen molar-refractivity contribution in [3.05, 3.63) is 65.2 Å². The summed E-state index contributed by atoms with van der Waals surface area (Å²) in [6.45, 7) is 5.15. The molecule has 4 nitrogen and oxygen atoms in total. The van der Waals surface area contributed by atoms with Crippen LogP contribution in [0.15, 0.2) is 47.4 Å². The molecule has 0 unspecified atom stereocenters. The second kappa shape index (κ2) is 9.82. The zero-order valence-electron chi connectivity index (χ0n) is 15.0. The fourth-order valence-electron chi connectivity index (χ4n) is 2.87. The second-order valence-corrected chi connectivity index (χ2v) is 7.55. The molecule has 0 spiro atoms. The number of amides is 1. The Hall–Kier alpha value is -1.96. The van der Waals surface area contributed by atoms with E-state index in [2.05, 4.69) is 17.4 Å². The maximum atomic E-state index is 13.2. The van der Waals surface area contributed by atoms with Crippen LogP contribution < -0.4 is 10.2 Å². The van der Waals surface area contributed by atoms with Gasteiger partial charge in [0.15, 0.2) is 11.6 Å². The molecule has 1 amide bonds. The molecule has 0 bridgehead atoms. The Kier molecular flexibility index (Phi) is 7.20. The van der Waals surface area contributed by atoms with Crippen LogP contribution in [0.4, 0.5) is 8.78 Å². The summed E-state index contributed by atoms with van der Waals surface area (Å²) < 4.78 is 31.4. The molecule has 0 aliphatic carbocycles. The van der Waals surface area contributed by atoms with Crippen LogP contribution in [0.25, 0.3) is 0 Å². The lowest BCUT2D eigenvalue weighted by molar-refractivity contribution is -0.921. The van der Waals surface area contributed by atoms with E-state index in [-0.39, 0.29) is 11.7 Å². The van der Waals surface area contributed by atoms with E-state index in [1.54, 1.807) is 0 Å². The highest BCUT2D eigenvalue weighted by molar-refractivity contribution is 8.00. The Morgan fingerprint density at radius 2 is 1.74 bits per heavy atom. The number of morpholine rings is 1. The molecular formula is C20H23F2N2O2S+. The van der Waals surface area contributed by atoms with Gasteiger partial charge >= 0.3 is 0 Å². The van der Waals surface area contributed by atoms with Crippen molar-refractivity contribution < 1.29 is 23.2 Å². The largest absolute Gasteiger partial charge is 0.370 e. The summed E-state index contributed by atoms with van der Waals surface area (Å²) >= 11 is 1.18. The van der Waals surface area contributed by atoms with Gasteiger partial charge < -0.3 is 15.0 Å². The molecule has 0 atom stereocenters. The SMILES string of the molecule is O=C(CSc1ccc(F)c(F)c1)NCc1ccc(C[NH+]2CCOCC2)cc1. The topological polar surface area (TPSA) is 42.8 Å². The summed E-state index contributed by atoms with van der Waals surface area (Å²) in [5, 5.41) is 2.85. The van der Waals surface area contributed by atoms with E-state index >= 15 is 0 Å². The minimum Gasteiger partial charge on any atom is -0.370 e. The van der Waals surface area contributed by atoms with Crippen LogP contribution in [0.2, 0.25) is 0 Å². The van der Waals surface area contributed by atoms with Gasteiger partial charge in [0.1, 0.15) is 19.6 Å². The van der Waals surface area contributed by atoms with Crippen molar-refractivity contribution >= 4 is 17.7 Å². The van der Waals surface area contributed by atoms with Gasteiger partial charge in [-0.1, -0.05) is 24.3 Å². The summed E-state index contributed by atoms with van der Waals surface area (Å²) in [5.41, 5.74) is 2.30. The third-order valence-electron chi connectivity index (χ3n) is 4.43. The number of halogens is 2. The van der Waals surface area contributed by atoms with Crippen molar-refractivity contribution in [2.24, 2.45) is 0 Å². The first-order chi connectivity index (χ1) is 13.1. The van der Waals surface area contributed by atoms with Gasteiger partial charge in [-0.15, -0.1) is 11.8 Å². The first-order valence-corrected chi connectivity index (χ1v) is 9.92. The van der Waals surface area contributed by atoms with Crippen LogP contribution >= 0.6 is 11.8 Å². The number of carbonyl (C=O) groups excluding carboxylic acids is 1. The number of hydrogen-bond acceptors (Lipinski definition) is 3. The molecule has 1 heterocycles. The lowest BCUT2D eigenvalue weighted by Crippen LogP contribution is -3.12. The lowest BCUT2D eigenvalue weighted by atomic mass is 10.1. The maximum Gasteiger partial charge on any atom is 0.230 e. The van der Waals surface area contributed by atoms with Gasteiger partial charge in [-0.2, -0.15) is 0 Å². The molecule has 2 aromatic rings. The first kappa shape index (κ1) is 19.8. The summed E-state index contributed by atoms with van der Waals surface area (Å²) in [6, 6.07) is 11.9. The summed E-state index contributed by atoms with van der Waals surface area (Å²) in [4.78, 5) is 14.0. The number of carbonyl (C=O) groups is 1. The van der Waals surface area contributed by atoms with Crippen LogP contribution in [0, 0.1) is 11.6 Å². The molecular weight excluding hydrogens is 370 g/mol. The van der Waals surface area contributed by atoms with Crippen LogP contribution in [-0.2, 0) is 22.6 Å². The zero-order chi connectivity index (χ0) is 19.1. The second-order valence-electron chi connectivity index (χ2n) is 6.50. The van der Waals surface area contributed by atoms with E-state index in [0.717, 1.165) is 50.5 Å². The van der Waals surface area contributed by atoms with Gasteiger partial charge in [0.05, 0.1) is 19.0 Å². The van der Waals surface area contributed by atoms with E-state index in [1.165, 1.54) is 28.3 Å². The average molecular weight is 393 g/mol. The fourth-order valence-corrected chi connectivity index (χ4v) is 3.62. The van der Waals surface area contributed by atoms with Crippen molar-refractivity contribution in [3.63, 3.8) is 0 Å². The minimum atomic E-state index is -0.903. The number of nitrogens with one attached hydrogen (secondary N) is 2. The predicted octanol–water partition coefficient (Wildman–Crippen LogP) is 1.79. The Morgan fingerprint density at radius 1 is 1.04 bits per heavy atom. The zero-order valence-corrected chi connectivity index (χ0v) is 15.8. The van der Waals surface area contributed by atoms with E-state index in [9.17, 15) is 13.6 Å². The van der Waals surface area contributed by atoms with E-state index in [4.69, 9.17) is 4.74 Å². The molecule has 0 aromatic heterocycles. The normalized spacial score (nSPS) is 14.9. The molecule has 1 aliphatic rings. The summed E-state index contributed by atoms with van der Waals surface area (Å²) in [6.07, 6.45) is 0. The summed E-state index contributed by atoms with van der Waals surface area (Å²) in [5.74, 6) is -1.78. The fraction of sp³-hybridized carbons (Fsp3) is 0.350. The highest BCUT2D eigenvalue weighted by Crippen LogP contribution is 2.20. The van der Waals surface area contributed by atoms with E-state index in [1.807, 2.05) is 12.1 Å². The molecule has 2 aromatic carbocycles. The third-order valence-corrected chi connectivity index (χ3v) is 5.42. The Labute approximate surface area is 161 Å². The molecule has 3 rings (SSSR count). The van der Waals surface area contributed by atoms with E-state index in [0.29, 0.717) is 11.4 Å². The number of thioether (sulfide) groups is 1. The van der Waals surface area contributed by atoms with Crippen molar-refractivity contribution in [1.82, 2.24) is 5.32 Å². The average Bonchev–Trinajstić information content (AvgIpc) is 2.69. The van der Waals surface area contributed by atoms with Gasteiger partial charge in [0, 0.05) is 17.0 Å². The van der Waals surface area contributed by atoms with Crippen molar-refractivity contribution in [1.29, 1.82) is 0 Å². The van der Waals surface area contributed by atoms with Gasteiger partial charge in [-0.25, -0.2) is 8.78 Å². The molecule has 27 heavy (non-hydrogen) atoms. The van der Waals surface area contributed by atoms with Crippen LogP contribution in [0.1, 0.15) is 11.1 Å². The highest BCUT2D eigenvalue weighted by Gasteiger charge is 2.14. The first-order valence-electron chi connectivity index (χ1n) is 8.94. The predicted molar refractivity (Wildman–Crippen MR) is 101 cm³/mol. The molecule has 144 valence electrons. The molecule has 1 aliphatic heterocycles. The molecule has 2 N–H and O–H groups in total. The van der Waals surface area contributed by atoms with Crippen LogP contribution in [0.3, 0.4) is 0 Å². The molecule has 1 fully saturated rings. The minimum absolute atomic E-state index is 0.147. The smallest absolute Gasteiger partial charge is 0.230 e. The third kappa shape index (κ3) is 6.30. The van der Waals surface area contributed by atoms with Gasteiger partial charge in [0.25, 0.3) is 0 Å². The highest BCUT2D eigenvalue weighted by atomic mass is 32.2. The van der Waals surface area contributed by atoms with E-state index < -0.39 is 11.6 Å². The molecule has 7 heteroatoms. The molecule has 0 radical (unpaired) electrons. The van der Waals surface area contributed by atoms with Crippen molar-refractivity contribution in [2.75, 3.05) is 32.1 Å². The Morgan fingerprint density at radius 3 is 2.44 bits per heavy atom. The maximum absolute atomic E-state index is 13.2. The van der Waals surface area contributed by atoms with Gasteiger partial charge in [-0.05, 0) is 23.8 Å². The number of hydrogen-bond donors (Lipinski definition) is 2.